The van der Waals surface area contributed by atoms with Gasteiger partial charge in [-0.15, -0.1) is 0 Å². The summed E-state index contributed by atoms with van der Waals surface area (Å²) in [6, 6.07) is 24.3. The van der Waals surface area contributed by atoms with E-state index in [9.17, 15) is 9.59 Å². The molecule has 0 bridgehead atoms. The van der Waals surface area contributed by atoms with E-state index in [0.717, 1.165) is 35.7 Å². The number of rotatable bonds is 6. The van der Waals surface area contributed by atoms with Gasteiger partial charge in [0.15, 0.2) is 5.78 Å². The highest BCUT2D eigenvalue weighted by Crippen LogP contribution is 2.23. The lowest BCUT2D eigenvalue weighted by Crippen LogP contribution is -2.48. The number of piperazine rings is 1. The van der Waals surface area contributed by atoms with Gasteiger partial charge in [0, 0.05) is 65.5 Å². The summed E-state index contributed by atoms with van der Waals surface area (Å²) in [7, 11) is 0. The minimum atomic E-state index is 0.0131. The number of halogens is 1. The molecule has 0 unspecified atom stereocenters. The zero-order valence-electron chi connectivity index (χ0n) is 20.4. The molecule has 1 fully saturated rings. The van der Waals surface area contributed by atoms with Crippen LogP contribution >= 0.6 is 11.6 Å². The van der Waals surface area contributed by atoms with Crippen LogP contribution in [0.3, 0.4) is 0 Å². The Balaban J connectivity index is 1.18. The third-order valence-electron chi connectivity index (χ3n) is 6.39. The number of Topliss-reactive ketones (excluding diaryl/α,β-unsaturated/α-hetero) is 1. The van der Waals surface area contributed by atoms with Crippen LogP contribution in [0.1, 0.15) is 27.6 Å². The molecule has 37 heavy (non-hydrogen) atoms. The summed E-state index contributed by atoms with van der Waals surface area (Å²) in [5.74, 6) is 0.542. The van der Waals surface area contributed by atoms with Crippen molar-refractivity contribution in [3.05, 3.63) is 101 Å². The van der Waals surface area contributed by atoms with Crippen molar-refractivity contribution in [1.29, 1.82) is 0 Å². The maximum absolute atomic E-state index is 13.1. The van der Waals surface area contributed by atoms with Crippen LogP contribution in [-0.4, -0.2) is 52.7 Å². The molecule has 1 aromatic heterocycles. The molecule has 1 N–H and O–H groups in total. The third-order valence-corrected chi connectivity index (χ3v) is 6.64. The maximum Gasteiger partial charge on any atom is 0.253 e. The Labute approximate surface area is 220 Å². The SMILES string of the molecule is CC(=O)c1ccc(N2CCN(C(=O)c3ccc(Nc4nccc(-c5ccc(Cl)cc5)n4)cc3)CC2)cc1. The molecular weight excluding hydrogens is 486 g/mol. The van der Waals surface area contributed by atoms with E-state index >= 15 is 0 Å². The van der Waals surface area contributed by atoms with E-state index in [1.807, 2.05) is 83.8 Å². The summed E-state index contributed by atoms with van der Waals surface area (Å²) >= 11 is 5.98. The number of carbonyl (C=O) groups is 2. The predicted molar refractivity (Wildman–Crippen MR) is 147 cm³/mol. The zero-order valence-corrected chi connectivity index (χ0v) is 21.2. The van der Waals surface area contributed by atoms with E-state index in [2.05, 4.69) is 20.2 Å². The smallest absolute Gasteiger partial charge is 0.253 e. The van der Waals surface area contributed by atoms with Crippen molar-refractivity contribution in [2.75, 3.05) is 36.4 Å². The largest absolute Gasteiger partial charge is 0.368 e. The summed E-state index contributed by atoms with van der Waals surface area (Å²) in [6.07, 6.45) is 1.70. The van der Waals surface area contributed by atoms with E-state index in [0.29, 0.717) is 35.2 Å². The molecule has 1 amide bonds. The summed E-state index contributed by atoms with van der Waals surface area (Å²) < 4.78 is 0. The Morgan fingerprint density at radius 3 is 2.11 bits per heavy atom. The fourth-order valence-corrected chi connectivity index (χ4v) is 4.41. The number of hydrogen-bond acceptors (Lipinski definition) is 6. The molecule has 3 aromatic carbocycles. The van der Waals surface area contributed by atoms with Crippen LogP contribution in [0.2, 0.25) is 5.02 Å². The van der Waals surface area contributed by atoms with E-state index in [1.54, 1.807) is 13.1 Å². The maximum atomic E-state index is 13.1. The Morgan fingerprint density at radius 1 is 0.811 bits per heavy atom. The minimum Gasteiger partial charge on any atom is -0.368 e. The van der Waals surface area contributed by atoms with Gasteiger partial charge >= 0.3 is 0 Å². The molecule has 186 valence electrons. The first kappa shape index (κ1) is 24.5. The summed E-state index contributed by atoms with van der Waals surface area (Å²) in [4.78, 5) is 37.6. The highest BCUT2D eigenvalue weighted by molar-refractivity contribution is 6.30. The van der Waals surface area contributed by atoms with Crippen molar-refractivity contribution in [2.24, 2.45) is 0 Å². The highest BCUT2D eigenvalue weighted by Gasteiger charge is 2.22. The van der Waals surface area contributed by atoms with E-state index in [4.69, 9.17) is 11.6 Å². The lowest BCUT2D eigenvalue weighted by Gasteiger charge is -2.36. The van der Waals surface area contributed by atoms with Crippen molar-refractivity contribution in [2.45, 2.75) is 6.92 Å². The summed E-state index contributed by atoms with van der Waals surface area (Å²) in [5.41, 5.74) is 4.94. The van der Waals surface area contributed by atoms with Crippen LogP contribution in [0.4, 0.5) is 17.3 Å². The molecular formula is C29H26ClN5O2. The molecule has 0 atom stereocenters. The van der Waals surface area contributed by atoms with Gasteiger partial charge in [0.1, 0.15) is 0 Å². The van der Waals surface area contributed by atoms with Gasteiger partial charge < -0.3 is 15.1 Å². The molecule has 0 radical (unpaired) electrons. The number of carbonyl (C=O) groups excluding carboxylic acids is 2. The minimum absolute atomic E-state index is 0.0131. The molecule has 1 saturated heterocycles. The standard InChI is InChI=1S/C29H26ClN5O2/c1-20(36)21-6-12-26(13-7-21)34-16-18-35(19-17-34)28(37)23-4-10-25(11-5-23)32-29-31-15-14-27(33-29)22-2-8-24(30)9-3-22/h2-15H,16-19H2,1H3,(H,31,32,33). The molecule has 0 spiro atoms. The first-order chi connectivity index (χ1) is 18.0. The van der Waals surface area contributed by atoms with Crippen LogP contribution < -0.4 is 10.2 Å². The zero-order chi connectivity index (χ0) is 25.8. The Morgan fingerprint density at radius 2 is 1.46 bits per heavy atom. The second-order valence-corrected chi connectivity index (χ2v) is 9.29. The molecule has 2 heterocycles. The third kappa shape index (κ3) is 5.78. The van der Waals surface area contributed by atoms with Gasteiger partial charge in [0.05, 0.1) is 5.69 Å². The average Bonchev–Trinajstić information content (AvgIpc) is 2.94. The number of aromatic nitrogens is 2. The van der Waals surface area contributed by atoms with Gasteiger partial charge in [-0.25, -0.2) is 9.97 Å². The Hall–Kier alpha value is -4.23. The second kappa shape index (κ2) is 10.8. The van der Waals surface area contributed by atoms with Crippen molar-refractivity contribution >= 4 is 40.6 Å². The number of nitrogens with one attached hydrogen (secondary N) is 1. The van der Waals surface area contributed by atoms with Gasteiger partial charge in [-0.2, -0.15) is 0 Å². The van der Waals surface area contributed by atoms with Gasteiger partial charge in [0.2, 0.25) is 5.95 Å². The summed E-state index contributed by atoms with van der Waals surface area (Å²) in [6.45, 7) is 4.32. The van der Waals surface area contributed by atoms with Gasteiger partial charge in [-0.05, 0) is 73.7 Å². The first-order valence-corrected chi connectivity index (χ1v) is 12.5. The predicted octanol–water partition coefficient (Wildman–Crippen LogP) is 5.71. The molecule has 7 nitrogen and oxygen atoms in total. The molecule has 0 aliphatic carbocycles. The molecule has 0 saturated carbocycles. The molecule has 8 heteroatoms. The second-order valence-electron chi connectivity index (χ2n) is 8.86. The molecule has 5 rings (SSSR count). The summed E-state index contributed by atoms with van der Waals surface area (Å²) in [5, 5.41) is 3.88. The monoisotopic (exact) mass is 511 g/mol. The first-order valence-electron chi connectivity index (χ1n) is 12.1. The van der Waals surface area contributed by atoms with Crippen LogP contribution in [0, 0.1) is 0 Å². The van der Waals surface area contributed by atoms with Crippen LogP contribution in [0.5, 0.6) is 0 Å². The van der Waals surface area contributed by atoms with Crippen LogP contribution in [-0.2, 0) is 0 Å². The van der Waals surface area contributed by atoms with Crippen LogP contribution in [0.25, 0.3) is 11.3 Å². The average molecular weight is 512 g/mol. The number of benzene rings is 3. The van der Waals surface area contributed by atoms with E-state index in [-0.39, 0.29) is 11.7 Å². The van der Waals surface area contributed by atoms with Gasteiger partial charge in [0.25, 0.3) is 5.91 Å². The molecule has 4 aromatic rings. The highest BCUT2D eigenvalue weighted by atomic mass is 35.5. The number of anilines is 3. The number of nitrogens with zero attached hydrogens (tertiary/aromatic N) is 4. The van der Waals surface area contributed by atoms with E-state index in [1.165, 1.54) is 0 Å². The quantitative estimate of drug-likeness (QED) is 0.334. The molecule has 1 aliphatic heterocycles. The number of ketones is 1. The molecule has 1 aliphatic rings. The fourth-order valence-electron chi connectivity index (χ4n) is 4.28. The lowest BCUT2D eigenvalue weighted by atomic mass is 10.1. The van der Waals surface area contributed by atoms with Crippen molar-refractivity contribution in [1.82, 2.24) is 14.9 Å². The fraction of sp³-hybridized carbons (Fsp3) is 0.172. The van der Waals surface area contributed by atoms with Crippen molar-refractivity contribution < 1.29 is 9.59 Å². The van der Waals surface area contributed by atoms with E-state index < -0.39 is 0 Å². The topological polar surface area (TPSA) is 78.4 Å². The van der Waals surface area contributed by atoms with Crippen LogP contribution in [0.15, 0.2) is 85.1 Å². The van der Waals surface area contributed by atoms with Crippen molar-refractivity contribution in [3.63, 3.8) is 0 Å². The Kier molecular flexibility index (Phi) is 7.14. The number of amides is 1. The Bertz CT molecular complexity index is 1400. The normalized spacial score (nSPS) is 13.4. The number of hydrogen-bond donors (Lipinski definition) is 1. The lowest BCUT2D eigenvalue weighted by molar-refractivity contribution is 0.0746. The van der Waals surface area contributed by atoms with Crippen molar-refractivity contribution in [3.8, 4) is 11.3 Å². The van der Waals surface area contributed by atoms with Gasteiger partial charge in [-0.1, -0.05) is 23.7 Å². The van der Waals surface area contributed by atoms with Gasteiger partial charge in [-0.3, -0.25) is 9.59 Å².